The predicted molar refractivity (Wildman–Crippen MR) is 228 cm³/mol. The minimum absolute atomic E-state index is 0.896. The Morgan fingerprint density at radius 1 is 0.268 bits per heavy atom. The Bertz CT molecular complexity index is 2790. The second-order valence-corrected chi connectivity index (χ2v) is 13.8. The summed E-state index contributed by atoms with van der Waals surface area (Å²) >= 11 is 0. The Kier molecular flexibility index (Phi) is 8.43. The lowest BCUT2D eigenvalue weighted by Gasteiger charge is -2.14. The summed E-state index contributed by atoms with van der Waals surface area (Å²) in [5, 5.41) is 2.26. The molecule has 5 heterocycles. The molecule has 10 aromatic rings. The van der Waals surface area contributed by atoms with Gasteiger partial charge in [-0.3, -0.25) is 19.9 Å². The van der Waals surface area contributed by atoms with E-state index in [2.05, 4.69) is 172 Å². The third kappa shape index (κ3) is 6.37. The average molecular weight is 716 g/mol. The zero-order valence-corrected chi connectivity index (χ0v) is 30.3. The minimum Gasteiger partial charge on any atom is -0.265 e. The summed E-state index contributed by atoms with van der Waals surface area (Å²) < 4.78 is 0. The Morgan fingerprint density at radius 3 is 1.09 bits per heavy atom. The number of nitrogens with zero attached hydrogens (tertiary/aromatic N) is 5. The van der Waals surface area contributed by atoms with Gasteiger partial charge in [0.1, 0.15) is 0 Å². The summed E-state index contributed by atoms with van der Waals surface area (Å²) in [7, 11) is 0. The van der Waals surface area contributed by atoms with Gasteiger partial charge in [0.05, 0.1) is 22.4 Å². The van der Waals surface area contributed by atoms with Crippen LogP contribution in [0.3, 0.4) is 0 Å². The van der Waals surface area contributed by atoms with Gasteiger partial charge in [0.2, 0.25) is 0 Å². The summed E-state index contributed by atoms with van der Waals surface area (Å²) in [5.74, 6) is 0. The van der Waals surface area contributed by atoms with E-state index < -0.39 is 0 Å². The van der Waals surface area contributed by atoms with Crippen LogP contribution >= 0.6 is 0 Å². The highest BCUT2D eigenvalue weighted by Crippen LogP contribution is 2.37. The van der Waals surface area contributed by atoms with Gasteiger partial charge < -0.3 is 0 Å². The number of rotatable bonds is 7. The van der Waals surface area contributed by atoms with Crippen molar-refractivity contribution in [1.29, 1.82) is 0 Å². The maximum absolute atomic E-state index is 5.33. The molecule has 0 radical (unpaired) electrons. The Labute approximate surface area is 324 Å². The molecule has 0 spiro atoms. The SMILES string of the molecule is c1ccc2c(-c3ccc(-c4cc(-c5cc(-c6ccncc6)cc(-c6ccncc6)c5)cc(-c5ccc(-c6ccnc7ccccc67)cc5)n4)cc3)ccnc2c1. The molecule has 10 rings (SSSR count). The standard InChI is InChI=1S/C51H33N5/c1-3-7-48-46(5-1)44(21-27-54-48)36-9-13-38(14-10-36)50-32-43(42-30-40(34-17-23-52-24-18-34)29-41(31-42)35-19-25-53-26-20-35)33-51(56-50)39-15-11-37(12-16-39)45-22-28-55-49-8-4-2-6-47(45)49/h1-33H. The van der Waals surface area contributed by atoms with Crippen molar-refractivity contribution in [1.82, 2.24) is 24.9 Å². The van der Waals surface area contributed by atoms with Crippen molar-refractivity contribution >= 4 is 21.8 Å². The smallest absolute Gasteiger partial charge is 0.0715 e. The van der Waals surface area contributed by atoms with E-state index in [0.717, 1.165) is 100.0 Å². The topological polar surface area (TPSA) is 64.5 Å². The summed E-state index contributed by atoms with van der Waals surface area (Å²) in [6, 6.07) is 57.6. The van der Waals surface area contributed by atoms with Gasteiger partial charge in [-0.15, -0.1) is 0 Å². The quantitative estimate of drug-likeness (QED) is 0.164. The lowest BCUT2D eigenvalue weighted by Crippen LogP contribution is -1.93. The Morgan fingerprint density at radius 2 is 0.643 bits per heavy atom. The molecule has 0 amide bonds. The van der Waals surface area contributed by atoms with Crippen molar-refractivity contribution in [3.63, 3.8) is 0 Å². The summed E-state index contributed by atoms with van der Waals surface area (Å²) in [6.45, 7) is 0. The van der Waals surface area contributed by atoms with Crippen LogP contribution in [0.2, 0.25) is 0 Å². The fourth-order valence-corrected chi connectivity index (χ4v) is 7.55. The van der Waals surface area contributed by atoms with E-state index in [1.165, 1.54) is 0 Å². The maximum atomic E-state index is 5.33. The molecule has 0 saturated heterocycles. The first-order chi connectivity index (χ1) is 27.7. The van der Waals surface area contributed by atoms with Crippen LogP contribution in [-0.2, 0) is 0 Å². The molecule has 0 aliphatic rings. The second-order valence-electron chi connectivity index (χ2n) is 13.8. The van der Waals surface area contributed by atoms with E-state index in [-0.39, 0.29) is 0 Å². The molecule has 262 valence electrons. The van der Waals surface area contributed by atoms with Crippen molar-refractivity contribution < 1.29 is 0 Å². The lowest BCUT2D eigenvalue weighted by molar-refractivity contribution is 1.32. The zero-order chi connectivity index (χ0) is 37.3. The van der Waals surface area contributed by atoms with E-state index in [9.17, 15) is 0 Å². The predicted octanol–water partition coefficient (Wildman–Crippen LogP) is 12.6. The van der Waals surface area contributed by atoms with Crippen molar-refractivity contribution in [2.24, 2.45) is 0 Å². The van der Waals surface area contributed by atoms with E-state index in [0.29, 0.717) is 0 Å². The van der Waals surface area contributed by atoms with Gasteiger partial charge in [0.25, 0.3) is 0 Å². The van der Waals surface area contributed by atoms with Gasteiger partial charge in [-0.2, -0.15) is 0 Å². The molecule has 0 bridgehead atoms. The molecule has 0 aliphatic carbocycles. The largest absolute Gasteiger partial charge is 0.265 e. The first-order valence-corrected chi connectivity index (χ1v) is 18.6. The number of hydrogen-bond acceptors (Lipinski definition) is 5. The molecule has 0 aliphatic heterocycles. The van der Waals surface area contributed by atoms with Crippen LogP contribution in [0.5, 0.6) is 0 Å². The molecule has 56 heavy (non-hydrogen) atoms. The molecule has 5 aromatic carbocycles. The third-order valence-corrected chi connectivity index (χ3v) is 10.4. The van der Waals surface area contributed by atoms with Gasteiger partial charge in [-0.05, 0) is 134 Å². The van der Waals surface area contributed by atoms with E-state index in [1.54, 1.807) is 0 Å². The maximum Gasteiger partial charge on any atom is 0.0715 e. The van der Waals surface area contributed by atoms with Crippen molar-refractivity contribution in [3.8, 4) is 78.1 Å². The number of aromatic nitrogens is 5. The number of hydrogen-bond donors (Lipinski definition) is 0. The highest BCUT2D eigenvalue weighted by atomic mass is 14.7. The summed E-state index contributed by atoms with van der Waals surface area (Å²) in [4.78, 5) is 23.0. The molecule has 5 heteroatoms. The van der Waals surface area contributed by atoms with Crippen LogP contribution in [0.25, 0.3) is 100.0 Å². The van der Waals surface area contributed by atoms with Gasteiger partial charge in [-0.1, -0.05) is 84.9 Å². The number of para-hydroxylation sites is 2. The van der Waals surface area contributed by atoms with Gasteiger partial charge in [0.15, 0.2) is 0 Å². The molecule has 0 unspecified atom stereocenters. The molecule has 5 nitrogen and oxygen atoms in total. The van der Waals surface area contributed by atoms with Crippen LogP contribution in [-0.4, -0.2) is 24.9 Å². The fraction of sp³-hybridized carbons (Fsp3) is 0. The van der Waals surface area contributed by atoms with Crippen LogP contribution in [0, 0.1) is 0 Å². The van der Waals surface area contributed by atoms with E-state index in [1.807, 2.05) is 49.3 Å². The van der Waals surface area contributed by atoms with Gasteiger partial charge >= 0.3 is 0 Å². The first kappa shape index (κ1) is 33.0. The van der Waals surface area contributed by atoms with Crippen LogP contribution in [0.1, 0.15) is 0 Å². The highest BCUT2D eigenvalue weighted by molar-refractivity contribution is 5.96. The molecular formula is C51H33N5. The molecule has 0 atom stereocenters. The number of pyridine rings is 5. The van der Waals surface area contributed by atoms with Crippen molar-refractivity contribution in [2.45, 2.75) is 0 Å². The fourth-order valence-electron chi connectivity index (χ4n) is 7.55. The monoisotopic (exact) mass is 715 g/mol. The molecule has 5 aromatic heterocycles. The molecule has 0 saturated carbocycles. The summed E-state index contributed by atoms with van der Waals surface area (Å²) in [5.41, 5.74) is 17.0. The number of fused-ring (bicyclic) bond motifs is 2. The molecule has 0 N–H and O–H groups in total. The number of benzene rings is 5. The van der Waals surface area contributed by atoms with Gasteiger partial charge in [-0.25, -0.2) is 4.98 Å². The van der Waals surface area contributed by atoms with Gasteiger partial charge in [0, 0.05) is 59.1 Å². The summed E-state index contributed by atoms with van der Waals surface area (Å²) in [6.07, 6.45) is 11.1. The van der Waals surface area contributed by atoms with Crippen molar-refractivity contribution in [2.75, 3.05) is 0 Å². The lowest BCUT2D eigenvalue weighted by atomic mass is 9.92. The molecular weight excluding hydrogens is 683 g/mol. The van der Waals surface area contributed by atoms with Crippen molar-refractivity contribution in [3.05, 3.63) is 201 Å². The normalized spacial score (nSPS) is 11.2. The van der Waals surface area contributed by atoms with Crippen LogP contribution in [0.15, 0.2) is 201 Å². The zero-order valence-electron chi connectivity index (χ0n) is 30.3. The minimum atomic E-state index is 0.896. The Balaban J connectivity index is 1.12. The molecule has 0 fully saturated rings. The van der Waals surface area contributed by atoms with Crippen LogP contribution < -0.4 is 0 Å². The second kappa shape index (κ2) is 14.3. The average Bonchev–Trinajstić information content (AvgIpc) is 3.29. The van der Waals surface area contributed by atoms with Crippen LogP contribution in [0.4, 0.5) is 0 Å². The third-order valence-electron chi connectivity index (χ3n) is 10.4. The van der Waals surface area contributed by atoms with E-state index in [4.69, 9.17) is 4.98 Å². The highest BCUT2D eigenvalue weighted by Gasteiger charge is 2.14. The Hall–Kier alpha value is -7.63. The first-order valence-electron chi connectivity index (χ1n) is 18.6. The van der Waals surface area contributed by atoms with E-state index >= 15 is 0 Å².